The first-order chi connectivity index (χ1) is 16.0. The van der Waals surface area contributed by atoms with Gasteiger partial charge in [0.2, 0.25) is 0 Å². The number of ether oxygens (including phenoxy) is 1. The van der Waals surface area contributed by atoms with Gasteiger partial charge in [-0.05, 0) is 54.9 Å². The second-order valence-corrected chi connectivity index (χ2v) is 9.11. The highest BCUT2D eigenvalue weighted by Crippen LogP contribution is 2.34. The van der Waals surface area contributed by atoms with E-state index in [-0.39, 0.29) is 6.61 Å². The van der Waals surface area contributed by atoms with Gasteiger partial charge < -0.3 is 20.4 Å². The molecule has 1 aliphatic rings. The average Bonchev–Trinajstić information content (AvgIpc) is 3.23. The topological polar surface area (TPSA) is 67.2 Å². The molecule has 0 fully saturated rings. The summed E-state index contributed by atoms with van der Waals surface area (Å²) in [6.07, 6.45) is 7.23. The largest absolute Gasteiger partial charge is 0.485 e. The number of nitrogens with zero attached hydrogens (tertiary/aromatic N) is 2. The predicted molar refractivity (Wildman–Crippen MR) is 137 cm³/mol. The summed E-state index contributed by atoms with van der Waals surface area (Å²) < 4.78 is 5.97. The number of aromatic amines is 1. The first-order valence-electron chi connectivity index (χ1n) is 10.8. The molecule has 2 aromatic heterocycles. The van der Waals surface area contributed by atoms with Gasteiger partial charge in [0.25, 0.3) is 0 Å². The molecule has 0 saturated carbocycles. The lowest BCUT2D eigenvalue weighted by atomic mass is 9.97. The van der Waals surface area contributed by atoms with E-state index in [9.17, 15) is 0 Å². The number of H-pyrrole nitrogens is 1. The van der Waals surface area contributed by atoms with Crippen molar-refractivity contribution < 1.29 is 4.74 Å². The van der Waals surface area contributed by atoms with E-state index in [1.165, 1.54) is 16.5 Å². The van der Waals surface area contributed by atoms with Crippen molar-refractivity contribution in [1.29, 1.82) is 0 Å². The van der Waals surface area contributed by atoms with Crippen molar-refractivity contribution >= 4 is 45.5 Å². The second-order valence-electron chi connectivity index (χ2n) is 8.30. The third-order valence-corrected chi connectivity index (χ3v) is 6.80. The zero-order valence-electron chi connectivity index (χ0n) is 18.2. The Balaban J connectivity index is 1.46. The van der Waals surface area contributed by atoms with Crippen LogP contribution in [0.5, 0.6) is 5.75 Å². The zero-order chi connectivity index (χ0) is 22.9. The number of anilines is 1. The summed E-state index contributed by atoms with van der Waals surface area (Å²) in [5.41, 5.74) is 12.5. The van der Waals surface area contributed by atoms with Crippen LogP contribution in [0, 0.1) is 0 Å². The van der Waals surface area contributed by atoms with E-state index >= 15 is 0 Å². The number of likely N-dealkylation sites (N-methyl/N-ethyl adjacent to an activating group) is 1. The van der Waals surface area contributed by atoms with Crippen molar-refractivity contribution in [2.45, 2.75) is 13.0 Å². The molecule has 5 nitrogen and oxygen atoms in total. The van der Waals surface area contributed by atoms with E-state index in [1.807, 2.05) is 6.07 Å². The Morgan fingerprint density at radius 1 is 1.12 bits per heavy atom. The van der Waals surface area contributed by atoms with Crippen LogP contribution < -0.4 is 10.5 Å². The van der Waals surface area contributed by atoms with Crippen LogP contribution in [0.1, 0.15) is 17.5 Å². The number of hydrogen-bond donors (Lipinski definition) is 2. The summed E-state index contributed by atoms with van der Waals surface area (Å²) in [4.78, 5) is 10.1. The molecule has 1 aliphatic heterocycles. The fourth-order valence-electron chi connectivity index (χ4n) is 4.13. The molecule has 168 valence electrons. The van der Waals surface area contributed by atoms with Gasteiger partial charge in [0, 0.05) is 63.1 Å². The minimum Gasteiger partial charge on any atom is -0.485 e. The number of rotatable bonds is 5. The lowest BCUT2D eigenvalue weighted by Crippen LogP contribution is -2.23. The Labute approximate surface area is 202 Å². The summed E-state index contributed by atoms with van der Waals surface area (Å²) in [7, 11) is 2.15. The minimum absolute atomic E-state index is 0.206. The van der Waals surface area contributed by atoms with E-state index < -0.39 is 0 Å². The Hall–Kier alpha value is -2.99. The molecule has 0 unspecified atom stereocenters. The number of nitrogen functional groups attached to an aromatic ring is 1. The smallest absolute Gasteiger partial charge is 0.166 e. The van der Waals surface area contributed by atoms with Crippen molar-refractivity contribution in [3.8, 4) is 16.9 Å². The van der Waals surface area contributed by atoms with E-state index in [1.54, 1.807) is 24.4 Å². The normalized spacial score (nSPS) is 14.5. The Morgan fingerprint density at radius 3 is 2.70 bits per heavy atom. The molecule has 0 saturated heterocycles. The predicted octanol–water partition coefficient (Wildman–Crippen LogP) is 6.42. The van der Waals surface area contributed by atoms with Gasteiger partial charge in [0.05, 0.1) is 0 Å². The summed E-state index contributed by atoms with van der Waals surface area (Å²) in [6.45, 7) is 2.24. The Bertz CT molecular complexity index is 1340. The number of hydrogen-bond acceptors (Lipinski definition) is 4. The molecule has 3 N–H and O–H groups in total. The van der Waals surface area contributed by atoms with Crippen LogP contribution >= 0.6 is 23.2 Å². The van der Waals surface area contributed by atoms with Crippen LogP contribution in [0.15, 0.2) is 60.9 Å². The molecule has 0 bridgehead atoms. The molecule has 3 heterocycles. The monoisotopic (exact) mass is 478 g/mol. The number of nitrogens with one attached hydrogen (secondary N) is 1. The SMILES string of the molecule is CN1CC=C(c2c[nH]c3ccc(-c4cnc(N)c(OCc5c(Cl)cccc5Cl)c4)cc23)CC1. The minimum atomic E-state index is 0.206. The maximum atomic E-state index is 6.27. The molecule has 2 aromatic carbocycles. The Kier molecular flexibility index (Phi) is 6.02. The van der Waals surface area contributed by atoms with Gasteiger partial charge in [-0.3, -0.25) is 0 Å². The van der Waals surface area contributed by atoms with Gasteiger partial charge in [-0.1, -0.05) is 41.4 Å². The molecular weight excluding hydrogens is 455 g/mol. The van der Waals surface area contributed by atoms with E-state index in [4.69, 9.17) is 33.7 Å². The van der Waals surface area contributed by atoms with Gasteiger partial charge in [-0.2, -0.15) is 0 Å². The van der Waals surface area contributed by atoms with Crippen LogP contribution in [-0.4, -0.2) is 35.0 Å². The Morgan fingerprint density at radius 2 is 1.94 bits per heavy atom. The van der Waals surface area contributed by atoms with Gasteiger partial charge in [-0.25, -0.2) is 4.98 Å². The number of fused-ring (bicyclic) bond motifs is 1. The second kappa shape index (κ2) is 9.10. The molecule has 7 heteroatoms. The molecule has 33 heavy (non-hydrogen) atoms. The van der Waals surface area contributed by atoms with Crippen LogP contribution in [0.3, 0.4) is 0 Å². The number of nitrogens with two attached hydrogens (primary N) is 1. The summed E-state index contributed by atoms with van der Waals surface area (Å²) in [5.74, 6) is 0.817. The summed E-state index contributed by atoms with van der Waals surface area (Å²) in [5, 5.41) is 2.31. The highest BCUT2D eigenvalue weighted by Gasteiger charge is 2.15. The molecule has 0 radical (unpaired) electrons. The lowest BCUT2D eigenvalue weighted by molar-refractivity contribution is 0.307. The molecule has 5 rings (SSSR count). The fraction of sp³-hybridized carbons (Fsp3) is 0.192. The highest BCUT2D eigenvalue weighted by molar-refractivity contribution is 6.35. The van der Waals surface area contributed by atoms with Crippen molar-refractivity contribution in [2.75, 3.05) is 25.9 Å². The zero-order valence-corrected chi connectivity index (χ0v) is 19.7. The van der Waals surface area contributed by atoms with Gasteiger partial charge in [0.1, 0.15) is 6.61 Å². The fourth-order valence-corrected chi connectivity index (χ4v) is 4.64. The van der Waals surface area contributed by atoms with Crippen LogP contribution in [0.4, 0.5) is 5.82 Å². The standard InChI is InChI=1S/C26H24Cl2N4O/c1-32-9-7-16(8-10-32)20-14-30-24-6-5-17(11-19(20)24)18-12-25(26(29)31-13-18)33-15-21-22(27)3-2-4-23(21)28/h2-7,11-14,30H,8-10,15H2,1H3,(H2,29,31). The third kappa shape index (κ3) is 4.44. The molecule has 0 aliphatic carbocycles. The number of aromatic nitrogens is 2. The van der Waals surface area contributed by atoms with E-state index in [0.29, 0.717) is 21.6 Å². The number of halogens is 2. The van der Waals surface area contributed by atoms with Crippen LogP contribution in [0.25, 0.3) is 27.6 Å². The quantitative estimate of drug-likeness (QED) is 0.347. The molecule has 4 aromatic rings. The van der Waals surface area contributed by atoms with Crippen molar-refractivity contribution in [3.05, 3.63) is 82.1 Å². The van der Waals surface area contributed by atoms with Crippen molar-refractivity contribution in [3.63, 3.8) is 0 Å². The maximum absolute atomic E-state index is 6.27. The number of pyridine rings is 1. The first kappa shape index (κ1) is 21.8. The molecule has 0 spiro atoms. The summed E-state index contributed by atoms with van der Waals surface area (Å²) >= 11 is 12.5. The van der Waals surface area contributed by atoms with Crippen LogP contribution in [0.2, 0.25) is 10.0 Å². The van der Waals surface area contributed by atoms with Gasteiger partial charge >= 0.3 is 0 Å². The molecular formula is C26H24Cl2N4O. The highest BCUT2D eigenvalue weighted by atomic mass is 35.5. The first-order valence-corrected chi connectivity index (χ1v) is 11.6. The van der Waals surface area contributed by atoms with E-state index in [2.05, 4.69) is 52.4 Å². The van der Waals surface area contributed by atoms with Crippen molar-refractivity contribution in [1.82, 2.24) is 14.9 Å². The third-order valence-electron chi connectivity index (χ3n) is 6.09. The maximum Gasteiger partial charge on any atom is 0.166 e. The van der Waals surface area contributed by atoms with Gasteiger partial charge in [-0.15, -0.1) is 0 Å². The van der Waals surface area contributed by atoms with Gasteiger partial charge in [0.15, 0.2) is 11.6 Å². The lowest BCUT2D eigenvalue weighted by Gasteiger charge is -2.21. The van der Waals surface area contributed by atoms with E-state index in [0.717, 1.165) is 41.7 Å². The molecule has 0 amide bonds. The van der Waals surface area contributed by atoms with Crippen molar-refractivity contribution in [2.24, 2.45) is 0 Å². The average molecular weight is 479 g/mol. The number of benzene rings is 2. The summed E-state index contributed by atoms with van der Waals surface area (Å²) in [6, 6.07) is 13.7. The molecule has 0 atom stereocenters. The van der Waals surface area contributed by atoms with Crippen LogP contribution in [-0.2, 0) is 6.61 Å².